The van der Waals surface area contributed by atoms with Crippen molar-refractivity contribution in [3.8, 4) is 11.5 Å². The second-order valence-electron chi connectivity index (χ2n) is 7.79. The molecular formula is C24H30N4O2S. The quantitative estimate of drug-likeness (QED) is 0.432. The second kappa shape index (κ2) is 10.6. The van der Waals surface area contributed by atoms with Gasteiger partial charge in [-0.05, 0) is 42.7 Å². The summed E-state index contributed by atoms with van der Waals surface area (Å²) < 4.78 is 13.1. The Hall–Kier alpha value is -2.67. The topological polar surface area (TPSA) is 61.2 Å². The normalized spacial score (nSPS) is 14.4. The Morgan fingerprint density at radius 3 is 2.48 bits per heavy atom. The smallest absolute Gasteiger partial charge is 0.191 e. The summed E-state index contributed by atoms with van der Waals surface area (Å²) in [6.45, 7) is 0.635. The number of aromatic nitrogens is 3. The van der Waals surface area contributed by atoms with Gasteiger partial charge in [-0.2, -0.15) is 0 Å². The van der Waals surface area contributed by atoms with E-state index in [1.807, 2.05) is 36.4 Å². The number of thioether (sulfide) groups is 1. The number of benzene rings is 2. The summed E-state index contributed by atoms with van der Waals surface area (Å²) >= 11 is 1.75. The van der Waals surface area contributed by atoms with Crippen molar-refractivity contribution in [2.75, 3.05) is 19.5 Å². The summed E-state index contributed by atoms with van der Waals surface area (Å²) in [5.41, 5.74) is 2.24. The maximum atomic E-state index is 5.36. The molecule has 31 heavy (non-hydrogen) atoms. The molecule has 0 unspecified atom stereocenters. The Kier molecular flexibility index (Phi) is 7.35. The first-order chi connectivity index (χ1) is 15.3. The Balaban J connectivity index is 1.51. The fraction of sp³-hybridized carbons (Fsp3) is 0.417. The molecule has 1 heterocycles. The third kappa shape index (κ3) is 5.53. The molecule has 2 aromatic carbocycles. The lowest BCUT2D eigenvalue weighted by Crippen LogP contribution is -2.18. The van der Waals surface area contributed by atoms with Crippen molar-refractivity contribution >= 4 is 17.4 Å². The molecule has 0 radical (unpaired) electrons. The van der Waals surface area contributed by atoms with E-state index in [1.165, 1.54) is 37.7 Å². The van der Waals surface area contributed by atoms with Gasteiger partial charge in [0.2, 0.25) is 0 Å². The lowest BCUT2D eigenvalue weighted by molar-refractivity contribution is 0.330. The van der Waals surface area contributed by atoms with E-state index in [0.29, 0.717) is 12.6 Å². The number of methoxy groups -OCH3 is 2. The molecule has 164 valence electrons. The van der Waals surface area contributed by atoms with E-state index in [2.05, 4.69) is 32.2 Å². The van der Waals surface area contributed by atoms with Gasteiger partial charge in [0.25, 0.3) is 0 Å². The van der Waals surface area contributed by atoms with Gasteiger partial charge in [0.1, 0.15) is 11.5 Å². The molecule has 1 aliphatic carbocycles. The zero-order chi connectivity index (χ0) is 21.5. The standard InChI is InChI=1S/C24H30N4O2S/c1-29-21-12-6-8-18(14-21)17-31-24-27-26-23(28(24)20-10-4-3-5-11-20)16-25-19-9-7-13-22(15-19)30-2/h6-9,12-15,20,25H,3-5,10-11,16-17H2,1-2H3. The molecule has 0 amide bonds. The highest BCUT2D eigenvalue weighted by molar-refractivity contribution is 7.98. The molecule has 1 aromatic heterocycles. The van der Waals surface area contributed by atoms with Gasteiger partial charge in [-0.1, -0.05) is 49.2 Å². The maximum Gasteiger partial charge on any atom is 0.191 e. The number of nitrogens with zero attached hydrogens (tertiary/aromatic N) is 3. The van der Waals surface area contributed by atoms with E-state index < -0.39 is 0 Å². The molecular weight excluding hydrogens is 408 g/mol. The third-order valence-corrected chi connectivity index (χ3v) is 6.71. The summed E-state index contributed by atoms with van der Waals surface area (Å²) in [6.07, 6.45) is 6.24. The highest BCUT2D eigenvalue weighted by Gasteiger charge is 2.23. The summed E-state index contributed by atoms with van der Waals surface area (Å²) in [5, 5.41) is 13.6. The molecule has 1 N–H and O–H groups in total. The van der Waals surface area contributed by atoms with Crippen LogP contribution in [0.1, 0.15) is 49.5 Å². The van der Waals surface area contributed by atoms with Crippen LogP contribution in [0.5, 0.6) is 11.5 Å². The van der Waals surface area contributed by atoms with Gasteiger partial charge in [-0.25, -0.2) is 0 Å². The van der Waals surface area contributed by atoms with Crippen molar-refractivity contribution in [1.29, 1.82) is 0 Å². The van der Waals surface area contributed by atoms with E-state index >= 15 is 0 Å². The molecule has 0 aliphatic heterocycles. The van der Waals surface area contributed by atoms with Gasteiger partial charge in [-0.15, -0.1) is 10.2 Å². The predicted octanol–water partition coefficient (Wildman–Crippen LogP) is 5.70. The first-order valence-corrected chi connectivity index (χ1v) is 11.8. The lowest BCUT2D eigenvalue weighted by Gasteiger charge is -2.25. The average Bonchev–Trinajstić information content (AvgIpc) is 3.25. The van der Waals surface area contributed by atoms with Gasteiger partial charge in [0, 0.05) is 23.5 Å². The number of rotatable bonds is 9. The molecule has 0 bridgehead atoms. The SMILES string of the molecule is COc1cccc(CSc2nnc(CNc3cccc(OC)c3)n2C2CCCCC2)c1. The van der Waals surface area contributed by atoms with Crippen LogP contribution in [0.25, 0.3) is 0 Å². The van der Waals surface area contributed by atoms with Crippen molar-refractivity contribution < 1.29 is 9.47 Å². The van der Waals surface area contributed by atoms with Crippen molar-refractivity contribution in [1.82, 2.24) is 14.8 Å². The number of hydrogen-bond donors (Lipinski definition) is 1. The van der Waals surface area contributed by atoms with E-state index in [-0.39, 0.29) is 0 Å². The van der Waals surface area contributed by atoms with Gasteiger partial charge in [-0.3, -0.25) is 0 Å². The minimum Gasteiger partial charge on any atom is -0.497 e. The summed E-state index contributed by atoms with van der Waals surface area (Å²) in [4.78, 5) is 0. The minimum atomic E-state index is 0.471. The number of anilines is 1. The largest absolute Gasteiger partial charge is 0.497 e. The first-order valence-electron chi connectivity index (χ1n) is 10.8. The fourth-order valence-corrected chi connectivity index (χ4v) is 5.02. The van der Waals surface area contributed by atoms with E-state index in [4.69, 9.17) is 9.47 Å². The summed E-state index contributed by atoms with van der Waals surface area (Å²) in [6, 6.07) is 16.7. The number of ether oxygens (including phenoxy) is 2. The Bertz CT molecular complexity index is 916. The Morgan fingerprint density at radius 2 is 1.71 bits per heavy atom. The van der Waals surface area contributed by atoms with Gasteiger partial charge >= 0.3 is 0 Å². The highest BCUT2D eigenvalue weighted by Crippen LogP contribution is 2.34. The predicted molar refractivity (Wildman–Crippen MR) is 125 cm³/mol. The van der Waals surface area contributed by atoms with E-state index in [0.717, 1.165) is 33.9 Å². The molecule has 1 fully saturated rings. The average molecular weight is 439 g/mol. The van der Waals surface area contributed by atoms with Crippen LogP contribution in [0.15, 0.2) is 53.7 Å². The molecule has 3 aromatic rings. The van der Waals surface area contributed by atoms with Crippen LogP contribution >= 0.6 is 11.8 Å². The Morgan fingerprint density at radius 1 is 0.968 bits per heavy atom. The first kappa shape index (κ1) is 21.6. The van der Waals surface area contributed by atoms with Crippen molar-refractivity contribution in [2.24, 2.45) is 0 Å². The van der Waals surface area contributed by atoms with Crippen molar-refractivity contribution in [3.63, 3.8) is 0 Å². The molecule has 0 atom stereocenters. The molecule has 1 saturated carbocycles. The van der Waals surface area contributed by atoms with Crippen LogP contribution in [0, 0.1) is 0 Å². The molecule has 1 aliphatic rings. The van der Waals surface area contributed by atoms with Crippen LogP contribution in [-0.2, 0) is 12.3 Å². The molecule has 6 nitrogen and oxygen atoms in total. The lowest BCUT2D eigenvalue weighted by atomic mass is 9.95. The molecule has 0 spiro atoms. The van der Waals surface area contributed by atoms with Crippen molar-refractivity contribution in [2.45, 2.75) is 55.6 Å². The highest BCUT2D eigenvalue weighted by atomic mass is 32.2. The van der Waals surface area contributed by atoms with Crippen LogP contribution < -0.4 is 14.8 Å². The minimum absolute atomic E-state index is 0.471. The second-order valence-corrected chi connectivity index (χ2v) is 8.73. The molecule has 4 rings (SSSR count). The summed E-state index contributed by atoms with van der Waals surface area (Å²) in [5.74, 6) is 3.55. The van der Waals surface area contributed by atoms with Gasteiger partial charge in [0.15, 0.2) is 11.0 Å². The Labute approximate surface area is 188 Å². The molecule has 0 saturated heterocycles. The van der Waals surface area contributed by atoms with Gasteiger partial charge in [0.05, 0.1) is 20.8 Å². The van der Waals surface area contributed by atoms with Crippen LogP contribution in [0.3, 0.4) is 0 Å². The van der Waals surface area contributed by atoms with Crippen LogP contribution in [0.4, 0.5) is 5.69 Å². The van der Waals surface area contributed by atoms with Crippen molar-refractivity contribution in [3.05, 3.63) is 59.9 Å². The van der Waals surface area contributed by atoms with Crippen LogP contribution in [-0.4, -0.2) is 29.0 Å². The zero-order valence-electron chi connectivity index (χ0n) is 18.2. The monoisotopic (exact) mass is 438 g/mol. The number of nitrogens with one attached hydrogen (secondary N) is 1. The maximum absolute atomic E-state index is 5.36. The third-order valence-electron chi connectivity index (χ3n) is 5.70. The zero-order valence-corrected chi connectivity index (χ0v) is 19.0. The summed E-state index contributed by atoms with van der Waals surface area (Å²) in [7, 11) is 3.39. The van der Waals surface area contributed by atoms with Gasteiger partial charge < -0.3 is 19.4 Å². The van der Waals surface area contributed by atoms with Crippen LogP contribution in [0.2, 0.25) is 0 Å². The fourth-order valence-electron chi connectivity index (χ4n) is 4.06. The van der Waals surface area contributed by atoms with E-state index in [1.54, 1.807) is 26.0 Å². The number of hydrogen-bond acceptors (Lipinski definition) is 6. The van der Waals surface area contributed by atoms with E-state index in [9.17, 15) is 0 Å². The molecule has 7 heteroatoms.